The number of hydrogen-bond donors (Lipinski definition) is 1. The fourth-order valence-electron chi connectivity index (χ4n) is 4.73. The van der Waals surface area contributed by atoms with Crippen LogP contribution in [-0.2, 0) is 16.1 Å². The normalized spacial score (nSPS) is 20.4. The summed E-state index contributed by atoms with van der Waals surface area (Å²) in [6.45, 7) is 4.88. The second-order valence-electron chi connectivity index (χ2n) is 8.80. The predicted molar refractivity (Wildman–Crippen MR) is 132 cm³/mol. The first-order valence-electron chi connectivity index (χ1n) is 11.8. The van der Waals surface area contributed by atoms with Crippen LogP contribution in [0.3, 0.4) is 0 Å². The molecule has 1 aromatic carbocycles. The number of non-ortho nitro benzene ring substituents is 1. The summed E-state index contributed by atoms with van der Waals surface area (Å²) in [6, 6.07) is 9.60. The highest BCUT2D eigenvalue weighted by atomic mass is 32.1. The SMILES string of the molecule is COCCN(Cc1ccc([N+](=O)[O-])cc1)C1CC(C(=O)N2CCNCC2)N(C(=O)c2cccs2)C1. The van der Waals surface area contributed by atoms with Gasteiger partial charge in [-0.2, -0.15) is 0 Å². The molecule has 1 N–H and O–H groups in total. The number of nitrogens with zero attached hydrogens (tertiary/aromatic N) is 4. The number of nitro benzene ring substituents is 1. The van der Waals surface area contributed by atoms with Crippen molar-refractivity contribution in [1.82, 2.24) is 20.0 Å². The molecule has 3 heterocycles. The van der Waals surface area contributed by atoms with Gasteiger partial charge in [-0.25, -0.2) is 0 Å². The van der Waals surface area contributed by atoms with Gasteiger partial charge < -0.3 is 19.9 Å². The molecule has 0 saturated carbocycles. The fourth-order valence-corrected chi connectivity index (χ4v) is 5.41. The molecule has 10 nitrogen and oxygen atoms in total. The average Bonchev–Trinajstić information content (AvgIpc) is 3.57. The summed E-state index contributed by atoms with van der Waals surface area (Å²) in [7, 11) is 1.64. The number of methoxy groups -OCH3 is 1. The Balaban J connectivity index is 1.55. The Kier molecular flexibility index (Phi) is 8.45. The first kappa shape index (κ1) is 25.2. The van der Waals surface area contributed by atoms with Crippen LogP contribution in [0.25, 0.3) is 0 Å². The molecule has 2 amide bonds. The number of thiophene rings is 1. The van der Waals surface area contributed by atoms with Crippen molar-refractivity contribution < 1.29 is 19.2 Å². The summed E-state index contributed by atoms with van der Waals surface area (Å²) < 4.78 is 5.33. The van der Waals surface area contributed by atoms with Gasteiger partial charge in [0.1, 0.15) is 6.04 Å². The zero-order chi connectivity index (χ0) is 24.8. The Labute approximate surface area is 208 Å². The Morgan fingerprint density at radius 3 is 2.60 bits per heavy atom. The van der Waals surface area contributed by atoms with Crippen molar-refractivity contribution in [2.75, 3.05) is 53.0 Å². The van der Waals surface area contributed by atoms with Crippen molar-refractivity contribution in [2.45, 2.75) is 25.0 Å². The number of ether oxygens (including phenoxy) is 1. The maximum absolute atomic E-state index is 13.5. The molecule has 2 fully saturated rings. The molecule has 4 rings (SSSR count). The Morgan fingerprint density at radius 2 is 1.97 bits per heavy atom. The Morgan fingerprint density at radius 1 is 1.23 bits per heavy atom. The van der Waals surface area contributed by atoms with E-state index in [4.69, 9.17) is 4.74 Å². The van der Waals surface area contributed by atoms with Crippen LogP contribution in [0.2, 0.25) is 0 Å². The zero-order valence-corrected chi connectivity index (χ0v) is 20.6. The van der Waals surface area contributed by atoms with Crippen LogP contribution < -0.4 is 5.32 Å². The topological polar surface area (TPSA) is 108 Å². The van der Waals surface area contributed by atoms with Gasteiger partial charge in [0, 0.05) is 71.1 Å². The highest BCUT2D eigenvalue weighted by molar-refractivity contribution is 7.12. The number of carbonyl (C=O) groups excluding carboxylic acids is 2. The molecule has 0 aliphatic carbocycles. The lowest BCUT2D eigenvalue weighted by Gasteiger charge is -2.32. The first-order valence-corrected chi connectivity index (χ1v) is 12.7. The predicted octanol–water partition coefficient (Wildman–Crippen LogP) is 1.82. The molecule has 2 aromatic rings. The molecule has 1 aromatic heterocycles. The third-order valence-corrected chi connectivity index (χ3v) is 7.48. The molecule has 0 bridgehead atoms. The summed E-state index contributed by atoms with van der Waals surface area (Å²) in [5, 5.41) is 16.2. The second-order valence-corrected chi connectivity index (χ2v) is 9.75. The molecule has 188 valence electrons. The van der Waals surface area contributed by atoms with Crippen LogP contribution in [0.5, 0.6) is 0 Å². The van der Waals surface area contributed by atoms with E-state index in [1.54, 1.807) is 30.2 Å². The summed E-state index contributed by atoms with van der Waals surface area (Å²) >= 11 is 1.38. The zero-order valence-electron chi connectivity index (χ0n) is 19.8. The standard InChI is InChI=1S/C24H31N5O5S/c1-34-13-12-27(16-18-4-6-19(7-5-18)29(32)33)20-15-21(23(30)26-10-8-25-9-11-26)28(17-20)24(31)22-3-2-14-35-22/h2-7,14,20-21,25H,8-13,15-17H2,1H3. The molecule has 2 unspecified atom stereocenters. The maximum atomic E-state index is 13.5. The van der Waals surface area contributed by atoms with E-state index in [1.165, 1.54) is 23.5 Å². The minimum absolute atomic E-state index is 0.000864. The minimum Gasteiger partial charge on any atom is -0.383 e. The molecule has 11 heteroatoms. The highest BCUT2D eigenvalue weighted by Gasteiger charge is 2.43. The van der Waals surface area contributed by atoms with E-state index < -0.39 is 11.0 Å². The van der Waals surface area contributed by atoms with E-state index in [9.17, 15) is 19.7 Å². The Bertz CT molecular complexity index is 1010. The molecular weight excluding hydrogens is 470 g/mol. The number of rotatable bonds is 9. The van der Waals surface area contributed by atoms with Crippen LogP contribution in [0, 0.1) is 10.1 Å². The van der Waals surface area contributed by atoms with Gasteiger partial charge in [0.05, 0.1) is 16.4 Å². The lowest BCUT2D eigenvalue weighted by molar-refractivity contribution is -0.384. The van der Waals surface area contributed by atoms with Gasteiger partial charge in [-0.15, -0.1) is 11.3 Å². The van der Waals surface area contributed by atoms with Gasteiger partial charge in [-0.1, -0.05) is 18.2 Å². The molecule has 35 heavy (non-hydrogen) atoms. The van der Waals surface area contributed by atoms with Gasteiger partial charge in [0.15, 0.2) is 0 Å². The number of nitro groups is 1. The average molecular weight is 502 g/mol. The third kappa shape index (κ3) is 6.04. The van der Waals surface area contributed by atoms with E-state index in [2.05, 4.69) is 10.2 Å². The molecule has 2 atom stereocenters. The van der Waals surface area contributed by atoms with Crippen molar-refractivity contribution in [1.29, 1.82) is 0 Å². The summed E-state index contributed by atoms with van der Waals surface area (Å²) in [4.78, 5) is 44.0. The van der Waals surface area contributed by atoms with E-state index in [0.717, 1.165) is 18.7 Å². The van der Waals surface area contributed by atoms with Crippen LogP contribution in [0.15, 0.2) is 41.8 Å². The van der Waals surface area contributed by atoms with E-state index in [1.807, 2.05) is 16.3 Å². The second kappa shape index (κ2) is 11.7. The van der Waals surface area contributed by atoms with Crippen molar-refractivity contribution in [3.63, 3.8) is 0 Å². The van der Waals surface area contributed by atoms with Gasteiger partial charge in [0.25, 0.3) is 11.6 Å². The largest absolute Gasteiger partial charge is 0.383 e. The molecular formula is C24H31N5O5S. The van der Waals surface area contributed by atoms with Crippen LogP contribution >= 0.6 is 11.3 Å². The third-order valence-electron chi connectivity index (χ3n) is 6.62. The number of benzene rings is 1. The monoisotopic (exact) mass is 501 g/mol. The fraction of sp³-hybridized carbons (Fsp3) is 0.500. The molecule has 0 spiro atoms. The Hall–Kier alpha value is -2.86. The minimum atomic E-state index is -0.519. The maximum Gasteiger partial charge on any atom is 0.269 e. The molecule has 0 radical (unpaired) electrons. The molecule has 2 aliphatic heterocycles. The quantitative estimate of drug-likeness (QED) is 0.412. The van der Waals surface area contributed by atoms with Crippen LogP contribution in [0.4, 0.5) is 5.69 Å². The molecule has 2 saturated heterocycles. The first-order chi connectivity index (χ1) is 17.0. The highest BCUT2D eigenvalue weighted by Crippen LogP contribution is 2.28. The van der Waals surface area contributed by atoms with E-state index >= 15 is 0 Å². The summed E-state index contributed by atoms with van der Waals surface area (Å²) in [5.74, 6) is -0.112. The number of hydrogen-bond acceptors (Lipinski definition) is 8. The molecule has 2 aliphatic rings. The summed E-state index contributed by atoms with van der Waals surface area (Å²) in [5.41, 5.74) is 0.979. The number of piperazine rings is 1. The van der Waals surface area contributed by atoms with E-state index in [0.29, 0.717) is 50.6 Å². The van der Waals surface area contributed by atoms with Crippen LogP contribution in [-0.4, -0.2) is 96.5 Å². The van der Waals surface area contributed by atoms with Crippen LogP contribution in [0.1, 0.15) is 21.7 Å². The van der Waals surface area contributed by atoms with Crippen molar-refractivity contribution in [2.24, 2.45) is 0 Å². The van der Waals surface area contributed by atoms with E-state index in [-0.39, 0.29) is 23.5 Å². The number of nitrogens with one attached hydrogen (secondary N) is 1. The van der Waals surface area contributed by atoms with Gasteiger partial charge in [-0.3, -0.25) is 24.6 Å². The van der Waals surface area contributed by atoms with Crippen molar-refractivity contribution in [3.8, 4) is 0 Å². The lowest BCUT2D eigenvalue weighted by atomic mass is 10.1. The lowest BCUT2D eigenvalue weighted by Crippen LogP contribution is -2.53. The number of carbonyl (C=O) groups is 2. The van der Waals surface area contributed by atoms with Crippen molar-refractivity contribution in [3.05, 3.63) is 62.3 Å². The number of amides is 2. The summed E-state index contributed by atoms with van der Waals surface area (Å²) in [6.07, 6.45) is 0.538. The van der Waals surface area contributed by atoms with Gasteiger partial charge >= 0.3 is 0 Å². The van der Waals surface area contributed by atoms with Gasteiger partial charge in [0.2, 0.25) is 5.91 Å². The smallest absolute Gasteiger partial charge is 0.269 e. The number of likely N-dealkylation sites (tertiary alicyclic amines) is 1. The van der Waals surface area contributed by atoms with Crippen molar-refractivity contribution >= 4 is 28.8 Å². The van der Waals surface area contributed by atoms with Gasteiger partial charge in [-0.05, 0) is 23.4 Å².